The molecule has 0 unspecified atom stereocenters. The first-order valence-electron chi connectivity index (χ1n) is 6.32. The van der Waals surface area contributed by atoms with Gasteiger partial charge in [-0.1, -0.05) is 17.3 Å². The van der Waals surface area contributed by atoms with E-state index in [1.807, 2.05) is 0 Å². The fraction of sp³-hybridized carbons (Fsp3) is 0.385. The van der Waals surface area contributed by atoms with Gasteiger partial charge >= 0.3 is 0 Å². The molecule has 21 heavy (non-hydrogen) atoms. The smallest absolute Gasteiger partial charge is 0.252 e. The quantitative estimate of drug-likeness (QED) is 0.875. The Hall–Kier alpha value is -1.70. The van der Waals surface area contributed by atoms with Crippen molar-refractivity contribution in [3.05, 3.63) is 41.8 Å². The predicted molar refractivity (Wildman–Crippen MR) is 73.7 cm³/mol. The molecule has 0 spiro atoms. The van der Waals surface area contributed by atoms with Gasteiger partial charge in [0.15, 0.2) is 18.2 Å². The van der Waals surface area contributed by atoms with Crippen LogP contribution in [0, 0.1) is 5.82 Å². The lowest BCUT2D eigenvalue weighted by molar-refractivity contribution is -0.00397. The lowest BCUT2D eigenvalue weighted by Crippen LogP contribution is -2.48. The number of rotatable bonds is 6. The highest BCUT2D eigenvalue weighted by Gasteiger charge is 2.18. The molecular formula is C13H15ClFN3O3. The molecule has 1 aromatic carbocycles. The van der Waals surface area contributed by atoms with Gasteiger partial charge in [-0.2, -0.15) is 4.98 Å². The highest BCUT2D eigenvalue weighted by molar-refractivity contribution is 5.85. The van der Waals surface area contributed by atoms with Crippen molar-refractivity contribution in [1.82, 2.24) is 15.5 Å². The number of nitrogens with zero attached hydrogens (tertiary/aromatic N) is 2. The van der Waals surface area contributed by atoms with Crippen molar-refractivity contribution in [2.75, 3.05) is 13.1 Å². The number of aromatic nitrogens is 2. The summed E-state index contributed by atoms with van der Waals surface area (Å²) in [6.07, 6.45) is 0.208. The summed E-state index contributed by atoms with van der Waals surface area (Å²) in [7, 11) is 0. The summed E-state index contributed by atoms with van der Waals surface area (Å²) in [5, 5.41) is 6.85. The Morgan fingerprint density at radius 1 is 1.29 bits per heavy atom. The van der Waals surface area contributed by atoms with Crippen LogP contribution >= 0.6 is 12.4 Å². The molecule has 2 heterocycles. The highest BCUT2D eigenvalue weighted by Crippen LogP contribution is 2.16. The van der Waals surface area contributed by atoms with Crippen molar-refractivity contribution in [3.63, 3.8) is 0 Å². The SMILES string of the molecule is Cl.Fc1ccccc1OCc1noc(COC2CNC2)n1. The highest BCUT2D eigenvalue weighted by atomic mass is 35.5. The summed E-state index contributed by atoms with van der Waals surface area (Å²) in [4.78, 5) is 4.11. The van der Waals surface area contributed by atoms with Gasteiger partial charge in [-0.15, -0.1) is 12.4 Å². The summed E-state index contributed by atoms with van der Waals surface area (Å²) in [5.41, 5.74) is 0. The maximum Gasteiger partial charge on any atom is 0.252 e. The van der Waals surface area contributed by atoms with E-state index in [4.69, 9.17) is 14.0 Å². The van der Waals surface area contributed by atoms with E-state index in [-0.39, 0.29) is 37.5 Å². The minimum Gasteiger partial charge on any atom is -0.482 e. The van der Waals surface area contributed by atoms with E-state index in [9.17, 15) is 4.39 Å². The summed E-state index contributed by atoms with van der Waals surface area (Å²) in [6.45, 7) is 2.02. The molecule has 0 radical (unpaired) electrons. The van der Waals surface area contributed by atoms with Gasteiger partial charge in [0.2, 0.25) is 5.82 Å². The van der Waals surface area contributed by atoms with Gasteiger partial charge in [0.25, 0.3) is 5.89 Å². The van der Waals surface area contributed by atoms with E-state index in [1.165, 1.54) is 6.07 Å². The number of hydrogen-bond acceptors (Lipinski definition) is 6. The molecule has 3 rings (SSSR count). The second-order valence-corrected chi connectivity index (χ2v) is 4.41. The zero-order valence-electron chi connectivity index (χ0n) is 11.1. The van der Waals surface area contributed by atoms with Crippen molar-refractivity contribution in [2.24, 2.45) is 0 Å². The molecule has 1 saturated heterocycles. The molecule has 0 bridgehead atoms. The first-order chi connectivity index (χ1) is 9.81. The lowest BCUT2D eigenvalue weighted by Gasteiger charge is -2.26. The average Bonchev–Trinajstić information content (AvgIpc) is 2.84. The van der Waals surface area contributed by atoms with Crippen LogP contribution in [0.15, 0.2) is 28.8 Å². The summed E-state index contributed by atoms with van der Waals surface area (Å²) < 4.78 is 29.1. The van der Waals surface area contributed by atoms with E-state index in [0.29, 0.717) is 11.7 Å². The molecular weight excluding hydrogens is 301 g/mol. The van der Waals surface area contributed by atoms with Crippen molar-refractivity contribution < 1.29 is 18.4 Å². The second-order valence-electron chi connectivity index (χ2n) is 4.41. The van der Waals surface area contributed by atoms with Crippen LogP contribution in [-0.4, -0.2) is 29.3 Å². The molecule has 8 heteroatoms. The van der Waals surface area contributed by atoms with Crippen LogP contribution in [0.2, 0.25) is 0 Å². The Balaban J connectivity index is 0.00000161. The molecule has 1 aromatic heterocycles. The van der Waals surface area contributed by atoms with Gasteiger partial charge in [-0.05, 0) is 12.1 Å². The monoisotopic (exact) mass is 315 g/mol. The molecule has 6 nitrogen and oxygen atoms in total. The number of benzene rings is 1. The van der Waals surface area contributed by atoms with Crippen LogP contribution in [0.3, 0.4) is 0 Å². The fourth-order valence-corrected chi connectivity index (χ4v) is 1.68. The van der Waals surface area contributed by atoms with Crippen molar-refractivity contribution >= 4 is 12.4 Å². The number of para-hydroxylation sites is 1. The predicted octanol–water partition coefficient (Wildman–Crippen LogP) is 1.70. The maximum absolute atomic E-state index is 13.3. The van der Waals surface area contributed by atoms with Crippen LogP contribution in [0.1, 0.15) is 11.7 Å². The number of ether oxygens (including phenoxy) is 2. The molecule has 1 aliphatic heterocycles. The van der Waals surface area contributed by atoms with E-state index in [2.05, 4.69) is 15.5 Å². The topological polar surface area (TPSA) is 69.4 Å². The first-order valence-corrected chi connectivity index (χ1v) is 6.32. The third-order valence-corrected chi connectivity index (χ3v) is 2.89. The van der Waals surface area contributed by atoms with Crippen molar-refractivity contribution in [1.29, 1.82) is 0 Å². The van der Waals surface area contributed by atoms with Crippen molar-refractivity contribution in [2.45, 2.75) is 19.3 Å². The standard InChI is InChI=1S/C13H14FN3O3.ClH/c14-10-3-1-2-4-11(10)19-7-12-16-13(20-17-12)8-18-9-5-15-6-9;/h1-4,9,15H,5-8H2;1H. The molecule has 0 saturated carbocycles. The minimum absolute atomic E-state index is 0. The number of nitrogens with one attached hydrogen (secondary N) is 1. The zero-order chi connectivity index (χ0) is 13.8. The maximum atomic E-state index is 13.3. The minimum atomic E-state index is -0.419. The molecule has 0 atom stereocenters. The first kappa shape index (κ1) is 15.7. The Morgan fingerprint density at radius 2 is 2.10 bits per heavy atom. The third-order valence-electron chi connectivity index (χ3n) is 2.89. The molecule has 1 fully saturated rings. The van der Waals surface area contributed by atoms with E-state index >= 15 is 0 Å². The average molecular weight is 316 g/mol. The van der Waals surface area contributed by atoms with Gasteiger partial charge in [0.1, 0.15) is 6.61 Å². The molecule has 2 aromatic rings. The van der Waals surface area contributed by atoms with Crippen LogP contribution in [0.4, 0.5) is 4.39 Å². The third kappa shape index (κ3) is 4.13. The van der Waals surface area contributed by atoms with Crippen LogP contribution in [0.5, 0.6) is 5.75 Å². The van der Waals surface area contributed by atoms with Gasteiger partial charge in [0, 0.05) is 13.1 Å². The lowest BCUT2D eigenvalue weighted by atomic mass is 10.2. The Labute approximate surface area is 127 Å². The zero-order valence-corrected chi connectivity index (χ0v) is 11.9. The van der Waals surface area contributed by atoms with Crippen LogP contribution in [-0.2, 0) is 18.0 Å². The van der Waals surface area contributed by atoms with E-state index in [0.717, 1.165) is 13.1 Å². The molecule has 1 N–H and O–H groups in total. The summed E-state index contributed by atoms with van der Waals surface area (Å²) in [6, 6.07) is 6.17. The molecule has 0 amide bonds. The molecule has 114 valence electrons. The van der Waals surface area contributed by atoms with Crippen molar-refractivity contribution in [3.8, 4) is 5.75 Å². The Kier molecular flexibility index (Phi) is 5.49. The van der Waals surface area contributed by atoms with Gasteiger partial charge in [0.05, 0.1) is 6.10 Å². The largest absolute Gasteiger partial charge is 0.482 e. The van der Waals surface area contributed by atoms with Gasteiger partial charge in [-0.3, -0.25) is 0 Å². The Morgan fingerprint density at radius 3 is 2.81 bits per heavy atom. The summed E-state index contributed by atoms with van der Waals surface area (Å²) >= 11 is 0. The molecule has 0 aliphatic carbocycles. The summed E-state index contributed by atoms with van der Waals surface area (Å²) in [5.74, 6) is 0.496. The second kappa shape index (κ2) is 7.35. The normalized spacial score (nSPS) is 14.3. The van der Waals surface area contributed by atoms with E-state index in [1.54, 1.807) is 18.2 Å². The van der Waals surface area contributed by atoms with Crippen LogP contribution in [0.25, 0.3) is 0 Å². The number of halogens is 2. The number of hydrogen-bond donors (Lipinski definition) is 1. The molecule has 1 aliphatic rings. The Bertz CT molecular complexity index is 577. The van der Waals surface area contributed by atoms with Gasteiger partial charge < -0.3 is 19.3 Å². The van der Waals surface area contributed by atoms with E-state index < -0.39 is 5.82 Å². The van der Waals surface area contributed by atoms with Gasteiger partial charge in [-0.25, -0.2) is 4.39 Å². The van der Waals surface area contributed by atoms with Crippen LogP contribution < -0.4 is 10.1 Å². The fourth-order valence-electron chi connectivity index (χ4n) is 1.68.